The summed E-state index contributed by atoms with van der Waals surface area (Å²) in [5, 5.41) is 5.97. The van der Waals surface area contributed by atoms with Crippen molar-refractivity contribution < 1.29 is 19.1 Å². The lowest BCUT2D eigenvalue weighted by molar-refractivity contribution is -0.123. The molecule has 0 aliphatic carbocycles. The lowest BCUT2D eigenvalue weighted by Crippen LogP contribution is -2.30. The summed E-state index contributed by atoms with van der Waals surface area (Å²) in [5.41, 5.74) is 1.51. The van der Waals surface area contributed by atoms with Crippen molar-refractivity contribution in [2.24, 2.45) is 0 Å². The van der Waals surface area contributed by atoms with E-state index in [0.29, 0.717) is 22.8 Å². The van der Waals surface area contributed by atoms with Gasteiger partial charge in [0.1, 0.15) is 0 Å². The minimum Gasteiger partial charge on any atom is -0.449 e. The largest absolute Gasteiger partial charge is 0.449 e. The van der Waals surface area contributed by atoms with Crippen molar-refractivity contribution in [2.45, 2.75) is 26.5 Å². The van der Waals surface area contributed by atoms with Crippen molar-refractivity contribution >= 4 is 46.7 Å². The molecule has 142 valence electrons. The standard InChI is InChI=1S/C19H18Cl2N2O4/c1-11(18(25)23-17-8-7-15(20)9-16(17)21)27-19(26)14-5-3-13(4-6-14)10-22-12(2)24/h3-9,11H,10H2,1-2H3,(H,22,24)(H,23,25). The van der Waals surface area contributed by atoms with E-state index in [9.17, 15) is 14.4 Å². The van der Waals surface area contributed by atoms with E-state index < -0.39 is 18.0 Å². The zero-order valence-electron chi connectivity index (χ0n) is 14.7. The van der Waals surface area contributed by atoms with Crippen LogP contribution in [0.2, 0.25) is 10.0 Å². The maximum atomic E-state index is 12.2. The average molecular weight is 409 g/mol. The third-order valence-electron chi connectivity index (χ3n) is 3.57. The Balaban J connectivity index is 1.93. The van der Waals surface area contributed by atoms with Crippen LogP contribution in [0.15, 0.2) is 42.5 Å². The van der Waals surface area contributed by atoms with Crippen molar-refractivity contribution in [3.05, 3.63) is 63.6 Å². The second-order valence-electron chi connectivity index (χ2n) is 5.77. The highest BCUT2D eigenvalue weighted by atomic mass is 35.5. The molecule has 0 heterocycles. The minimum atomic E-state index is -1.02. The fraction of sp³-hybridized carbons (Fsp3) is 0.211. The number of benzene rings is 2. The number of rotatable bonds is 6. The van der Waals surface area contributed by atoms with Gasteiger partial charge in [0, 0.05) is 18.5 Å². The van der Waals surface area contributed by atoms with Crippen molar-refractivity contribution in [3.8, 4) is 0 Å². The van der Waals surface area contributed by atoms with Gasteiger partial charge in [0.15, 0.2) is 6.10 Å². The van der Waals surface area contributed by atoms with E-state index in [1.165, 1.54) is 19.9 Å². The van der Waals surface area contributed by atoms with Crippen LogP contribution in [0.1, 0.15) is 29.8 Å². The predicted molar refractivity (Wildman–Crippen MR) is 104 cm³/mol. The number of hydrogen-bond acceptors (Lipinski definition) is 4. The number of ether oxygens (including phenoxy) is 1. The van der Waals surface area contributed by atoms with Gasteiger partial charge in [-0.05, 0) is 42.8 Å². The molecule has 27 heavy (non-hydrogen) atoms. The molecular weight excluding hydrogens is 391 g/mol. The molecule has 0 aliphatic heterocycles. The molecule has 0 spiro atoms. The maximum absolute atomic E-state index is 12.2. The number of carbonyl (C=O) groups excluding carboxylic acids is 3. The number of carbonyl (C=O) groups is 3. The van der Waals surface area contributed by atoms with Crippen LogP contribution in [-0.4, -0.2) is 23.9 Å². The van der Waals surface area contributed by atoms with E-state index in [0.717, 1.165) is 5.56 Å². The third-order valence-corrected chi connectivity index (χ3v) is 4.12. The Bertz CT molecular complexity index is 853. The fourth-order valence-corrected chi connectivity index (χ4v) is 2.55. The Kier molecular flexibility index (Phi) is 7.21. The number of halogens is 2. The monoisotopic (exact) mass is 408 g/mol. The summed E-state index contributed by atoms with van der Waals surface area (Å²) in [6.07, 6.45) is -1.02. The van der Waals surface area contributed by atoms with Gasteiger partial charge >= 0.3 is 5.97 Å². The van der Waals surface area contributed by atoms with Crippen molar-refractivity contribution in [3.63, 3.8) is 0 Å². The normalized spacial score (nSPS) is 11.4. The smallest absolute Gasteiger partial charge is 0.338 e. The van der Waals surface area contributed by atoms with E-state index in [4.69, 9.17) is 27.9 Å². The molecule has 2 amide bonds. The summed E-state index contributed by atoms with van der Waals surface area (Å²) >= 11 is 11.8. The molecule has 8 heteroatoms. The van der Waals surface area contributed by atoms with Crippen LogP contribution in [0.25, 0.3) is 0 Å². The Morgan fingerprint density at radius 2 is 1.74 bits per heavy atom. The molecular formula is C19H18Cl2N2O4. The first-order valence-electron chi connectivity index (χ1n) is 8.06. The molecule has 6 nitrogen and oxygen atoms in total. The second-order valence-corrected chi connectivity index (χ2v) is 6.61. The Hall–Kier alpha value is -2.57. The molecule has 0 aromatic heterocycles. The van der Waals surface area contributed by atoms with Gasteiger partial charge in [-0.25, -0.2) is 4.79 Å². The van der Waals surface area contributed by atoms with Crippen LogP contribution in [0.5, 0.6) is 0 Å². The molecule has 0 aliphatic rings. The molecule has 2 N–H and O–H groups in total. The van der Waals surface area contributed by atoms with Crippen LogP contribution in [0.3, 0.4) is 0 Å². The molecule has 1 atom stereocenters. The van der Waals surface area contributed by atoms with E-state index in [1.807, 2.05) is 0 Å². The van der Waals surface area contributed by atoms with Crippen LogP contribution in [0.4, 0.5) is 5.69 Å². The minimum absolute atomic E-state index is 0.140. The first kappa shape index (κ1) is 20.7. The zero-order valence-corrected chi connectivity index (χ0v) is 16.2. The van der Waals surface area contributed by atoms with Crippen molar-refractivity contribution in [1.29, 1.82) is 0 Å². The summed E-state index contributed by atoms with van der Waals surface area (Å²) in [5.74, 6) is -1.29. The number of hydrogen-bond donors (Lipinski definition) is 2. The number of esters is 1. The molecule has 0 saturated heterocycles. The van der Waals surface area contributed by atoms with Crippen LogP contribution in [0, 0.1) is 0 Å². The highest BCUT2D eigenvalue weighted by molar-refractivity contribution is 6.36. The molecule has 0 fully saturated rings. The summed E-state index contributed by atoms with van der Waals surface area (Å²) in [4.78, 5) is 35.3. The SMILES string of the molecule is CC(=O)NCc1ccc(C(=O)OC(C)C(=O)Nc2ccc(Cl)cc2Cl)cc1. The van der Waals surface area contributed by atoms with Crippen molar-refractivity contribution in [1.82, 2.24) is 5.32 Å². The number of amides is 2. The highest BCUT2D eigenvalue weighted by Gasteiger charge is 2.20. The number of anilines is 1. The van der Waals surface area contributed by atoms with Crippen LogP contribution < -0.4 is 10.6 Å². The van der Waals surface area contributed by atoms with Gasteiger partial charge in [0.2, 0.25) is 5.91 Å². The molecule has 0 bridgehead atoms. The maximum Gasteiger partial charge on any atom is 0.338 e. The molecule has 0 radical (unpaired) electrons. The third kappa shape index (κ3) is 6.27. The fourth-order valence-electron chi connectivity index (χ4n) is 2.09. The van der Waals surface area contributed by atoms with E-state index >= 15 is 0 Å². The van der Waals surface area contributed by atoms with Gasteiger partial charge in [0.25, 0.3) is 5.91 Å². The van der Waals surface area contributed by atoms with E-state index in [2.05, 4.69) is 10.6 Å². The zero-order chi connectivity index (χ0) is 20.0. The highest BCUT2D eigenvalue weighted by Crippen LogP contribution is 2.25. The van der Waals surface area contributed by atoms with Gasteiger partial charge in [-0.3, -0.25) is 9.59 Å². The van der Waals surface area contributed by atoms with Gasteiger partial charge in [-0.1, -0.05) is 35.3 Å². The van der Waals surface area contributed by atoms with Gasteiger partial charge in [0.05, 0.1) is 16.3 Å². The summed E-state index contributed by atoms with van der Waals surface area (Å²) < 4.78 is 5.18. The number of nitrogens with one attached hydrogen (secondary N) is 2. The Labute approximate surface area is 166 Å². The summed E-state index contributed by atoms with van der Waals surface area (Å²) in [6.45, 7) is 3.25. The van der Waals surface area contributed by atoms with E-state index in [1.54, 1.807) is 36.4 Å². The second kappa shape index (κ2) is 9.39. The van der Waals surface area contributed by atoms with E-state index in [-0.39, 0.29) is 10.9 Å². The molecule has 1 unspecified atom stereocenters. The van der Waals surface area contributed by atoms with Gasteiger partial charge < -0.3 is 15.4 Å². The first-order valence-corrected chi connectivity index (χ1v) is 8.82. The topological polar surface area (TPSA) is 84.5 Å². The molecule has 2 aromatic rings. The van der Waals surface area contributed by atoms with Crippen LogP contribution >= 0.6 is 23.2 Å². The molecule has 0 saturated carbocycles. The van der Waals surface area contributed by atoms with Crippen molar-refractivity contribution in [2.75, 3.05) is 5.32 Å². The van der Waals surface area contributed by atoms with Crippen LogP contribution in [-0.2, 0) is 20.9 Å². The van der Waals surface area contributed by atoms with Gasteiger partial charge in [-0.2, -0.15) is 0 Å². The Morgan fingerprint density at radius 1 is 1.07 bits per heavy atom. The summed E-state index contributed by atoms with van der Waals surface area (Å²) in [7, 11) is 0. The molecule has 2 rings (SSSR count). The predicted octanol–water partition coefficient (Wildman–Crippen LogP) is 3.81. The Morgan fingerprint density at radius 3 is 2.33 bits per heavy atom. The quantitative estimate of drug-likeness (QED) is 0.711. The lowest BCUT2D eigenvalue weighted by Gasteiger charge is -2.14. The van der Waals surface area contributed by atoms with Gasteiger partial charge in [-0.15, -0.1) is 0 Å². The summed E-state index contributed by atoms with van der Waals surface area (Å²) in [6, 6.07) is 11.2. The first-order chi connectivity index (χ1) is 12.8. The average Bonchev–Trinajstić information content (AvgIpc) is 2.62. The lowest BCUT2D eigenvalue weighted by atomic mass is 10.1. The molecule has 2 aromatic carbocycles.